The lowest BCUT2D eigenvalue weighted by Gasteiger charge is -2.09. The number of carbonyl (C=O) groups is 3. The molecule has 0 heterocycles. The molecule has 0 saturated carbocycles. The van der Waals surface area contributed by atoms with Gasteiger partial charge in [0.05, 0.1) is 17.7 Å². The van der Waals surface area contributed by atoms with E-state index in [9.17, 15) is 14.4 Å². The summed E-state index contributed by atoms with van der Waals surface area (Å²) in [5.74, 6) is 0.317. The molecule has 0 aliphatic carbocycles. The lowest BCUT2D eigenvalue weighted by molar-refractivity contribution is -0.137. The summed E-state index contributed by atoms with van der Waals surface area (Å²) < 4.78 is 15.9. The van der Waals surface area contributed by atoms with Crippen molar-refractivity contribution in [1.29, 1.82) is 0 Å². The number of carbonyl (C=O) groups excluding carboxylic acids is 3. The molecule has 0 spiro atoms. The third kappa shape index (κ3) is 8.65. The van der Waals surface area contributed by atoms with Gasteiger partial charge in [-0.25, -0.2) is 14.4 Å². The Hall–Kier alpha value is -3.84. The highest BCUT2D eigenvalue weighted by molar-refractivity contribution is 7.99. The number of unbranched alkanes of at least 4 members (excludes halogenated alkanes) is 1. The van der Waals surface area contributed by atoms with Gasteiger partial charge in [-0.2, -0.15) is 0 Å². The molecule has 0 amide bonds. The summed E-state index contributed by atoms with van der Waals surface area (Å²) in [5, 5.41) is 0. The van der Waals surface area contributed by atoms with Crippen molar-refractivity contribution in [3.63, 3.8) is 0 Å². The topological polar surface area (TPSA) is 78.9 Å². The van der Waals surface area contributed by atoms with Crippen molar-refractivity contribution < 1.29 is 28.6 Å². The van der Waals surface area contributed by atoms with Crippen LogP contribution in [0.3, 0.4) is 0 Å². The molecule has 0 bridgehead atoms. The van der Waals surface area contributed by atoms with E-state index in [1.165, 1.54) is 0 Å². The van der Waals surface area contributed by atoms with Gasteiger partial charge in [0.2, 0.25) is 0 Å². The summed E-state index contributed by atoms with van der Waals surface area (Å²) in [6.45, 7) is 7.75. The van der Waals surface area contributed by atoms with E-state index in [1.54, 1.807) is 60.3 Å². The third-order valence-corrected chi connectivity index (χ3v) is 6.72. The van der Waals surface area contributed by atoms with Crippen LogP contribution in [-0.4, -0.2) is 30.3 Å². The summed E-state index contributed by atoms with van der Waals surface area (Å²) in [7, 11) is 0. The van der Waals surface area contributed by atoms with E-state index in [0.29, 0.717) is 29.2 Å². The monoisotopic (exact) mass is 518 g/mol. The predicted octanol–water partition coefficient (Wildman–Crippen LogP) is 6.60. The Kier molecular flexibility index (Phi) is 10.5. The summed E-state index contributed by atoms with van der Waals surface area (Å²) >= 11 is 1.69. The van der Waals surface area contributed by atoms with E-state index in [1.807, 2.05) is 25.1 Å². The van der Waals surface area contributed by atoms with Gasteiger partial charge in [-0.3, -0.25) is 0 Å². The van der Waals surface area contributed by atoms with Crippen LogP contribution in [0.1, 0.15) is 51.6 Å². The molecule has 7 heteroatoms. The van der Waals surface area contributed by atoms with Crippen LogP contribution in [0.4, 0.5) is 0 Å². The molecule has 6 nitrogen and oxygen atoms in total. The maximum Gasteiger partial charge on any atom is 0.343 e. The van der Waals surface area contributed by atoms with Gasteiger partial charge in [0, 0.05) is 11.0 Å². The van der Waals surface area contributed by atoms with E-state index >= 15 is 0 Å². The second-order valence-electron chi connectivity index (χ2n) is 8.21. The summed E-state index contributed by atoms with van der Waals surface area (Å²) in [5.41, 5.74) is 2.94. The van der Waals surface area contributed by atoms with Crippen molar-refractivity contribution in [3.8, 4) is 11.5 Å². The third-order valence-electron chi connectivity index (χ3n) is 5.46. The van der Waals surface area contributed by atoms with Crippen LogP contribution in [0.15, 0.2) is 84.3 Å². The summed E-state index contributed by atoms with van der Waals surface area (Å²) in [4.78, 5) is 37.1. The molecule has 3 aromatic rings. The molecule has 0 aliphatic rings. The number of hydrogen-bond acceptors (Lipinski definition) is 7. The van der Waals surface area contributed by atoms with E-state index in [2.05, 4.69) is 13.5 Å². The van der Waals surface area contributed by atoms with Crippen molar-refractivity contribution in [2.24, 2.45) is 0 Å². The summed E-state index contributed by atoms with van der Waals surface area (Å²) in [6.07, 6.45) is 3.74. The number of benzene rings is 3. The average molecular weight is 519 g/mol. The number of hydrogen-bond donors (Lipinski definition) is 0. The quantitative estimate of drug-likeness (QED) is 0.0879. The van der Waals surface area contributed by atoms with E-state index in [4.69, 9.17) is 14.2 Å². The van der Waals surface area contributed by atoms with Gasteiger partial charge in [0.15, 0.2) is 0 Å². The number of aryl methyl sites for hydroxylation is 2. The molecule has 0 N–H and O–H groups in total. The van der Waals surface area contributed by atoms with Crippen molar-refractivity contribution >= 4 is 29.7 Å². The van der Waals surface area contributed by atoms with E-state index < -0.39 is 17.9 Å². The standard InChI is InChI=1S/C30H30O6S/c1-4-22-8-13-25(14-9-22)35-29(32)23-10-15-26(16-11-23)36-30(33)24-12-17-27(21(3)20-24)37-19-7-6-18-34-28(31)5-2/h5,8-17,20H,2,4,6-7,18-19H2,1,3H3. The average Bonchev–Trinajstić information content (AvgIpc) is 2.91. The van der Waals surface area contributed by atoms with Crippen LogP contribution in [0, 0.1) is 6.92 Å². The number of ether oxygens (including phenoxy) is 3. The molecule has 0 fully saturated rings. The van der Waals surface area contributed by atoms with Crippen molar-refractivity contribution in [2.45, 2.75) is 38.0 Å². The molecule has 0 saturated heterocycles. The fourth-order valence-electron chi connectivity index (χ4n) is 3.34. The number of esters is 3. The number of thioether (sulfide) groups is 1. The first kappa shape index (κ1) is 27.7. The lowest BCUT2D eigenvalue weighted by atomic mass is 10.1. The van der Waals surface area contributed by atoms with Gasteiger partial charge in [0.1, 0.15) is 11.5 Å². The molecule has 3 aromatic carbocycles. The smallest absolute Gasteiger partial charge is 0.343 e. The highest BCUT2D eigenvalue weighted by Crippen LogP contribution is 2.25. The highest BCUT2D eigenvalue weighted by atomic mass is 32.2. The largest absolute Gasteiger partial charge is 0.463 e. The van der Waals surface area contributed by atoms with Crippen LogP contribution in [-0.2, 0) is 16.0 Å². The Morgan fingerprint density at radius 1 is 0.838 bits per heavy atom. The van der Waals surface area contributed by atoms with Crippen molar-refractivity contribution in [3.05, 3.63) is 102 Å². The molecular weight excluding hydrogens is 488 g/mol. The second-order valence-corrected chi connectivity index (χ2v) is 9.35. The molecule has 0 aromatic heterocycles. The zero-order valence-corrected chi connectivity index (χ0v) is 21.8. The molecular formula is C30H30O6S. The molecule has 0 radical (unpaired) electrons. The first-order valence-electron chi connectivity index (χ1n) is 12.1. The zero-order valence-electron chi connectivity index (χ0n) is 21.0. The summed E-state index contributed by atoms with van der Waals surface area (Å²) in [6, 6.07) is 19.1. The highest BCUT2D eigenvalue weighted by Gasteiger charge is 2.13. The van der Waals surface area contributed by atoms with Gasteiger partial charge in [-0.1, -0.05) is 25.6 Å². The minimum Gasteiger partial charge on any atom is -0.463 e. The fraction of sp³-hybridized carbons (Fsp3) is 0.233. The van der Waals surface area contributed by atoms with Gasteiger partial charge in [-0.15, -0.1) is 11.8 Å². The SMILES string of the molecule is C=CC(=O)OCCCCSc1ccc(C(=O)Oc2ccc(C(=O)Oc3ccc(CC)cc3)cc2)cc1C. The first-order chi connectivity index (χ1) is 17.9. The molecule has 3 rings (SSSR count). The van der Waals surface area contributed by atoms with Gasteiger partial charge < -0.3 is 14.2 Å². The Morgan fingerprint density at radius 3 is 2.03 bits per heavy atom. The minimum atomic E-state index is -0.483. The van der Waals surface area contributed by atoms with Crippen LogP contribution in [0.5, 0.6) is 11.5 Å². The zero-order chi connectivity index (χ0) is 26.6. The Bertz CT molecular complexity index is 1230. The van der Waals surface area contributed by atoms with E-state index in [0.717, 1.165) is 47.1 Å². The molecule has 0 aliphatic heterocycles. The Morgan fingerprint density at radius 2 is 1.43 bits per heavy atom. The minimum absolute atomic E-state index is 0.335. The Labute approximate surface area is 221 Å². The van der Waals surface area contributed by atoms with Gasteiger partial charge in [0.25, 0.3) is 0 Å². The maximum atomic E-state index is 12.6. The van der Waals surface area contributed by atoms with Crippen LogP contribution in [0.25, 0.3) is 0 Å². The molecule has 37 heavy (non-hydrogen) atoms. The van der Waals surface area contributed by atoms with Crippen LogP contribution in [0.2, 0.25) is 0 Å². The maximum absolute atomic E-state index is 12.6. The molecule has 0 unspecified atom stereocenters. The Balaban J connectivity index is 1.48. The first-order valence-corrected chi connectivity index (χ1v) is 13.0. The van der Waals surface area contributed by atoms with Crippen molar-refractivity contribution in [2.75, 3.05) is 12.4 Å². The van der Waals surface area contributed by atoms with E-state index in [-0.39, 0.29) is 0 Å². The van der Waals surface area contributed by atoms with Gasteiger partial charge >= 0.3 is 17.9 Å². The normalized spacial score (nSPS) is 10.4. The second kappa shape index (κ2) is 14.0. The predicted molar refractivity (Wildman–Crippen MR) is 144 cm³/mol. The number of rotatable bonds is 12. The molecule has 192 valence electrons. The van der Waals surface area contributed by atoms with Crippen LogP contribution < -0.4 is 9.47 Å². The van der Waals surface area contributed by atoms with Crippen molar-refractivity contribution in [1.82, 2.24) is 0 Å². The lowest BCUT2D eigenvalue weighted by Crippen LogP contribution is -2.10. The van der Waals surface area contributed by atoms with Gasteiger partial charge in [-0.05, 0) is 97.7 Å². The van der Waals surface area contributed by atoms with Crippen LogP contribution >= 0.6 is 11.8 Å². The fourth-order valence-corrected chi connectivity index (χ4v) is 4.36. The molecule has 0 atom stereocenters.